The molecule has 0 bridgehead atoms. The molecule has 22 heavy (non-hydrogen) atoms. The molecule has 2 rings (SSSR count). The lowest BCUT2D eigenvalue weighted by Gasteiger charge is -2.46. The summed E-state index contributed by atoms with van der Waals surface area (Å²) in [5.74, 6) is 0. The molecule has 0 aromatic rings. The Morgan fingerprint density at radius 3 is 2.14 bits per heavy atom. The van der Waals surface area contributed by atoms with Gasteiger partial charge in [0.15, 0.2) is 6.29 Å². The highest BCUT2D eigenvalue weighted by molar-refractivity contribution is 5.00. The zero-order valence-corrected chi connectivity index (χ0v) is 12.1. The van der Waals surface area contributed by atoms with Crippen LogP contribution in [0.15, 0.2) is 0 Å². The van der Waals surface area contributed by atoms with Gasteiger partial charge in [-0.05, 0) is 6.42 Å². The minimum atomic E-state index is -1.30. The maximum Gasteiger partial charge on any atom is 0.175 e. The first-order valence-corrected chi connectivity index (χ1v) is 7.26. The second kappa shape index (κ2) is 7.01. The van der Waals surface area contributed by atoms with Crippen LogP contribution in [-0.4, -0.2) is 88.0 Å². The van der Waals surface area contributed by atoms with Crippen molar-refractivity contribution in [3.8, 4) is 0 Å². The van der Waals surface area contributed by atoms with Crippen molar-refractivity contribution in [1.29, 1.82) is 0 Å². The van der Waals surface area contributed by atoms with Crippen LogP contribution < -0.4 is 22.9 Å². The van der Waals surface area contributed by atoms with E-state index >= 15 is 0 Å². The molecule has 1 saturated carbocycles. The lowest BCUT2D eigenvalue weighted by molar-refractivity contribution is -0.277. The molecule has 0 aromatic heterocycles. The van der Waals surface area contributed by atoms with Gasteiger partial charge in [-0.25, -0.2) is 0 Å². The Bertz CT molecular complexity index is 376. The fraction of sp³-hybridized carbons (Fsp3) is 1.00. The quantitative estimate of drug-likeness (QED) is 0.248. The molecule has 0 spiro atoms. The van der Waals surface area contributed by atoms with Crippen LogP contribution >= 0.6 is 0 Å². The monoisotopic (exact) mass is 322 g/mol. The van der Waals surface area contributed by atoms with E-state index in [9.17, 15) is 20.4 Å². The number of nitrogens with two attached hydrogens (primary N) is 4. The molecule has 0 amide bonds. The van der Waals surface area contributed by atoms with Crippen LogP contribution in [0.5, 0.6) is 0 Å². The lowest BCUT2D eigenvalue weighted by atomic mass is 9.84. The van der Waals surface area contributed by atoms with Crippen LogP contribution in [0.4, 0.5) is 0 Å². The summed E-state index contributed by atoms with van der Waals surface area (Å²) < 4.78 is 11.0. The third kappa shape index (κ3) is 3.26. The predicted octanol–water partition coefficient (Wildman–Crippen LogP) is -5.12. The minimum Gasteiger partial charge on any atom is -0.394 e. The lowest BCUT2D eigenvalue weighted by Crippen LogP contribution is -2.68. The van der Waals surface area contributed by atoms with Crippen molar-refractivity contribution in [2.24, 2.45) is 22.9 Å². The van der Waals surface area contributed by atoms with E-state index in [1.165, 1.54) is 0 Å². The van der Waals surface area contributed by atoms with Gasteiger partial charge in [-0.2, -0.15) is 0 Å². The van der Waals surface area contributed by atoms with Crippen molar-refractivity contribution in [2.45, 2.75) is 67.4 Å². The first kappa shape index (κ1) is 17.9. The van der Waals surface area contributed by atoms with Crippen LogP contribution in [-0.2, 0) is 9.47 Å². The molecule has 10 heteroatoms. The maximum atomic E-state index is 10.1. The molecule has 0 aromatic carbocycles. The summed E-state index contributed by atoms with van der Waals surface area (Å²) >= 11 is 0. The van der Waals surface area contributed by atoms with Crippen molar-refractivity contribution in [3.05, 3.63) is 0 Å². The SMILES string of the molecule is NC1C[C@@H](N)C(O)C(O)[C@@H]1O[C@H]1OC(CO)[C@@H](O)[C@H](N)C1N. The molecule has 0 radical (unpaired) electrons. The first-order valence-electron chi connectivity index (χ1n) is 7.26. The number of aliphatic hydroxyl groups is 4. The Hall–Kier alpha value is -0.400. The van der Waals surface area contributed by atoms with Gasteiger partial charge in [-0.15, -0.1) is 0 Å². The molecule has 5 unspecified atom stereocenters. The third-order valence-electron chi connectivity index (χ3n) is 4.41. The zero-order valence-electron chi connectivity index (χ0n) is 12.1. The molecule has 1 heterocycles. The maximum absolute atomic E-state index is 10.1. The highest BCUT2D eigenvalue weighted by Crippen LogP contribution is 2.26. The van der Waals surface area contributed by atoms with Crippen molar-refractivity contribution in [2.75, 3.05) is 6.61 Å². The van der Waals surface area contributed by atoms with Gasteiger partial charge < -0.3 is 52.8 Å². The molecule has 2 aliphatic rings. The molecule has 10 nitrogen and oxygen atoms in total. The van der Waals surface area contributed by atoms with Crippen LogP contribution in [0, 0.1) is 0 Å². The molecule has 1 saturated heterocycles. The largest absolute Gasteiger partial charge is 0.394 e. The molecular formula is C12H26N4O6. The Morgan fingerprint density at radius 2 is 1.55 bits per heavy atom. The summed E-state index contributed by atoms with van der Waals surface area (Å²) in [5.41, 5.74) is 23.3. The Balaban J connectivity index is 2.08. The molecule has 2 fully saturated rings. The molecule has 1 aliphatic carbocycles. The number of hydrogen-bond acceptors (Lipinski definition) is 10. The minimum absolute atomic E-state index is 0.253. The summed E-state index contributed by atoms with van der Waals surface area (Å²) in [6.45, 7) is -0.464. The first-order chi connectivity index (χ1) is 10.3. The normalized spacial score (nSPS) is 53.5. The second-order valence-corrected chi connectivity index (χ2v) is 6.02. The number of rotatable bonds is 3. The van der Waals surface area contributed by atoms with E-state index in [-0.39, 0.29) is 6.42 Å². The average Bonchev–Trinajstić information content (AvgIpc) is 2.49. The van der Waals surface area contributed by atoms with Gasteiger partial charge >= 0.3 is 0 Å². The second-order valence-electron chi connectivity index (χ2n) is 6.02. The van der Waals surface area contributed by atoms with Gasteiger partial charge in [0.2, 0.25) is 0 Å². The van der Waals surface area contributed by atoms with Crippen molar-refractivity contribution >= 4 is 0 Å². The average molecular weight is 322 g/mol. The van der Waals surface area contributed by atoms with Crippen LogP contribution in [0.1, 0.15) is 6.42 Å². The fourth-order valence-electron chi connectivity index (χ4n) is 2.90. The number of aliphatic hydroxyl groups excluding tert-OH is 4. The molecule has 1 aliphatic heterocycles. The summed E-state index contributed by atoms with van der Waals surface area (Å²) in [6.07, 6.45) is -6.35. The summed E-state index contributed by atoms with van der Waals surface area (Å²) in [7, 11) is 0. The van der Waals surface area contributed by atoms with E-state index in [0.29, 0.717) is 0 Å². The highest BCUT2D eigenvalue weighted by Gasteiger charge is 2.47. The zero-order chi connectivity index (χ0) is 16.6. The van der Waals surface area contributed by atoms with E-state index in [1.807, 2.05) is 0 Å². The summed E-state index contributed by atoms with van der Waals surface area (Å²) in [5, 5.41) is 38.9. The van der Waals surface area contributed by atoms with Gasteiger partial charge in [-0.1, -0.05) is 0 Å². The Labute approximate surface area is 128 Å². The topological polar surface area (TPSA) is 203 Å². The highest BCUT2D eigenvalue weighted by atomic mass is 16.7. The van der Waals surface area contributed by atoms with Crippen molar-refractivity contribution < 1.29 is 29.9 Å². The van der Waals surface area contributed by atoms with Gasteiger partial charge in [0, 0.05) is 12.1 Å². The summed E-state index contributed by atoms with van der Waals surface area (Å²) in [4.78, 5) is 0. The van der Waals surface area contributed by atoms with Crippen LogP contribution in [0.25, 0.3) is 0 Å². The Kier molecular flexibility index (Phi) is 5.72. The van der Waals surface area contributed by atoms with Crippen LogP contribution in [0.2, 0.25) is 0 Å². The fourth-order valence-corrected chi connectivity index (χ4v) is 2.90. The predicted molar refractivity (Wildman–Crippen MR) is 75.2 cm³/mol. The van der Waals surface area contributed by atoms with Gasteiger partial charge in [0.1, 0.15) is 18.3 Å². The van der Waals surface area contributed by atoms with Crippen molar-refractivity contribution in [3.63, 3.8) is 0 Å². The van der Waals surface area contributed by atoms with E-state index in [4.69, 9.17) is 32.4 Å². The molecule has 12 N–H and O–H groups in total. The van der Waals surface area contributed by atoms with Gasteiger partial charge in [0.05, 0.1) is 30.9 Å². The standard InChI is InChI=1S/C12H26N4O6/c13-3-1-4(14)11(10(20)8(3)18)22-12-7(16)6(15)9(19)5(2-17)21-12/h3-12,17-20H,1-2,13-16H2/t3-,4?,5?,6-,7?,8?,9-,10?,11-,12-/m1/s1. The van der Waals surface area contributed by atoms with E-state index < -0.39 is 67.6 Å². The molecule has 10 atom stereocenters. The number of ether oxygens (including phenoxy) is 2. The van der Waals surface area contributed by atoms with Gasteiger partial charge in [-0.3, -0.25) is 0 Å². The van der Waals surface area contributed by atoms with Crippen molar-refractivity contribution in [1.82, 2.24) is 0 Å². The molecular weight excluding hydrogens is 296 g/mol. The smallest absolute Gasteiger partial charge is 0.175 e. The Morgan fingerprint density at radius 1 is 0.909 bits per heavy atom. The van der Waals surface area contributed by atoms with Gasteiger partial charge in [0.25, 0.3) is 0 Å². The van der Waals surface area contributed by atoms with E-state index in [1.54, 1.807) is 0 Å². The van der Waals surface area contributed by atoms with E-state index in [2.05, 4.69) is 0 Å². The van der Waals surface area contributed by atoms with E-state index in [0.717, 1.165) is 0 Å². The van der Waals surface area contributed by atoms with Crippen LogP contribution in [0.3, 0.4) is 0 Å². The third-order valence-corrected chi connectivity index (χ3v) is 4.41. The summed E-state index contributed by atoms with van der Waals surface area (Å²) in [6, 6.07) is -3.04. The number of hydrogen-bond donors (Lipinski definition) is 8. The molecule has 130 valence electrons.